The molecule has 0 aromatic heterocycles. The number of hydrogen-bond donors (Lipinski definition) is 2. The maximum atomic E-state index is 12.1. The van der Waals surface area contributed by atoms with Gasteiger partial charge in [-0.15, -0.1) is 0 Å². The van der Waals surface area contributed by atoms with Gasteiger partial charge in [-0.25, -0.2) is 0 Å². The van der Waals surface area contributed by atoms with Gasteiger partial charge in [0.1, 0.15) is 0 Å². The molecule has 2 amide bonds. The first kappa shape index (κ1) is 18.9. The molecule has 0 aromatic rings. The Morgan fingerprint density at radius 2 is 1.95 bits per heavy atom. The molecular formula is C17H33N3O2. The predicted molar refractivity (Wildman–Crippen MR) is 89.5 cm³/mol. The van der Waals surface area contributed by atoms with Gasteiger partial charge in [-0.2, -0.15) is 0 Å². The summed E-state index contributed by atoms with van der Waals surface area (Å²) in [4.78, 5) is 25.6. The average Bonchev–Trinajstić information content (AvgIpc) is 2.46. The molecule has 3 unspecified atom stereocenters. The van der Waals surface area contributed by atoms with Crippen LogP contribution in [0.2, 0.25) is 0 Å². The molecule has 5 nitrogen and oxygen atoms in total. The lowest BCUT2D eigenvalue weighted by molar-refractivity contribution is -0.131. The van der Waals surface area contributed by atoms with Crippen LogP contribution in [0.4, 0.5) is 0 Å². The summed E-state index contributed by atoms with van der Waals surface area (Å²) < 4.78 is 0. The molecule has 1 fully saturated rings. The molecule has 2 N–H and O–H groups in total. The number of nitrogens with zero attached hydrogens (tertiary/aromatic N) is 1. The van der Waals surface area contributed by atoms with Crippen LogP contribution in [0.1, 0.15) is 53.9 Å². The third-order valence-electron chi connectivity index (χ3n) is 4.58. The Kier molecular flexibility index (Phi) is 7.87. The van der Waals surface area contributed by atoms with Gasteiger partial charge in [0.05, 0.1) is 6.04 Å². The SMILES string of the molecule is CCC1CN(C(C)=O)CCC1NC(C)C(=O)NCCC(C)C. The molecule has 0 spiro atoms. The maximum Gasteiger partial charge on any atom is 0.236 e. The van der Waals surface area contributed by atoms with Crippen molar-refractivity contribution in [2.45, 2.75) is 66.0 Å². The van der Waals surface area contributed by atoms with E-state index in [2.05, 4.69) is 31.4 Å². The van der Waals surface area contributed by atoms with Crippen LogP contribution < -0.4 is 10.6 Å². The first-order valence-electron chi connectivity index (χ1n) is 8.64. The van der Waals surface area contributed by atoms with Crippen LogP contribution in [0.5, 0.6) is 0 Å². The lowest BCUT2D eigenvalue weighted by Gasteiger charge is -2.39. The molecular weight excluding hydrogens is 278 g/mol. The third kappa shape index (κ3) is 5.95. The minimum absolute atomic E-state index is 0.0736. The molecule has 1 aliphatic rings. The second kappa shape index (κ2) is 9.13. The lowest BCUT2D eigenvalue weighted by atomic mass is 9.89. The Morgan fingerprint density at radius 1 is 1.27 bits per heavy atom. The number of carbonyl (C=O) groups excluding carboxylic acids is 2. The van der Waals surface area contributed by atoms with Crippen LogP contribution in [-0.4, -0.2) is 48.4 Å². The molecule has 22 heavy (non-hydrogen) atoms. The maximum absolute atomic E-state index is 12.1. The molecule has 0 aliphatic carbocycles. The smallest absolute Gasteiger partial charge is 0.236 e. The van der Waals surface area contributed by atoms with Crippen LogP contribution in [0.3, 0.4) is 0 Å². The fourth-order valence-electron chi connectivity index (χ4n) is 2.99. The zero-order valence-electron chi connectivity index (χ0n) is 14.8. The molecule has 0 saturated carbocycles. The molecule has 0 aromatic carbocycles. The van der Waals surface area contributed by atoms with Crippen LogP contribution in [0, 0.1) is 11.8 Å². The molecule has 3 atom stereocenters. The zero-order valence-corrected chi connectivity index (χ0v) is 14.8. The fourth-order valence-corrected chi connectivity index (χ4v) is 2.99. The highest BCUT2D eigenvalue weighted by molar-refractivity contribution is 5.81. The van der Waals surface area contributed by atoms with E-state index in [4.69, 9.17) is 0 Å². The Hall–Kier alpha value is -1.10. The topological polar surface area (TPSA) is 61.4 Å². The molecule has 1 rings (SSSR count). The normalized spacial score (nSPS) is 23.5. The van der Waals surface area contributed by atoms with E-state index in [0.29, 0.717) is 17.9 Å². The van der Waals surface area contributed by atoms with E-state index >= 15 is 0 Å². The second-order valence-electron chi connectivity index (χ2n) is 6.89. The monoisotopic (exact) mass is 311 g/mol. The molecule has 0 radical (unpaired) electrons. The highest BCUT2D eigenvalue weighted by Gasteiger charge is 2.30. The quantitative estimate of drug-likeness (QED) is 0.753. The van der Waals surface area contributed by atoms with Crippen LogP contribution >= 0.6 is 0 Å². The number of amides is 2. The number of likely N-dealkylation sites (tertiary alicyclic amines) is 1. The van der Waals surface area contributed by atoms with E-state index in [-0.39, 0.29) is 17.9 Å². The first-order valence-corrected chi connectivity index (χ1v) is 8.64. The van der Waals surface area contributed by atoms with E-state index in [9.17, 15) is 9.59 Å². The third-order valence-corrected chi connectivity index (χ3v) is 4.58. The van der Waals surface area contributed by atoms with Crippen LogP contribution in [0.25, 0.3) is 0 Å². The summed E-state index contributed by atoms with van der Waals surface area (Å²) in [5, 5.41) is 6.46. The van der Waals surface area contributed by atoms with E-state index in [1.165, 1.54) is 0 Å². The highest BCUT2D eigenvalue weighted by Crippen LogP contribution is 2.20. The Labute approximate surface area is 135 Å². The van der Waals surface area contributed by atoms with Gasteiger partial charge in [-0.1, -0.05) is 27.2 Å². The van der Waals surface area contributed by atoms with Gasteiger partial charge in [-0.05, 0) is 31.6 Å². The number of rotatable bonds is 7. The number of hydrogen-bond acceptors (Lipinski definition) is 3. The summed E-state index contributed by atoms with van der Waals surface area (Å²) in [7, 11) is 0. The minimum Gasteiger partial charge on any atom is -0.355 e. The van der Waals surface area contributed by atoms with Crippen molar-refractivity contribution in [3.63, 3.8) is 0 Å². The minimum atomic E-state index is -0.185. The molecule has 0 bridgehead atoms. The number of nitrogens with one attached hydrogen (secondary N) is 2. The average molecular weight is 311 g/mol. The summed E-state index contributed by atoms with van der Waals surface area (Å²) in [5.41, 5.74) is 0. The van der Waals surface area contributed by atoms with Gasteiger partial charge in [0.15, 0.2) is 0 Å². The summed E-state index contributed by atoms with van der Waals surface area (Å²) in [6.07, 6.45) is 2.94. The van der Waals surface area contributed by atoms with Crippen molar-refractivity contribution in [3.05, 3.63) is 0 Å². The van der Waals surface area contributed by atoms with Gasteiger partial charge in [-0.3, -0.25) is 9.59 Å². The van der Waals surface area contributed by atoms with Crippen LogP contribution in [0.15, 0.2) is 0 Å². The van der Waals surface area contributed by atoms with E-state index in [1.54, 1.807) is 6.92 Å². The zero-order chi connectivity index (χ0) is 16.7. The number of carbonyl (C=O) groups is 2. The molecule has 1 aliphatic heterocycles. The Bertz CT molecular complexity index is 371. The van der Waals surface area contributed by atoms with Gasteiger partial charge in [0, 0.05) is 32.6 Å². The van der Waals surface area contributed by atoms with Crippen molar-refractivity contribution < 1.29 is 9.59 Å². The van der Waals surface area contributed by atoms with Crippen molar-refractivity contribution in [2.24, 2.45) is 11.8 Å². The predicted octanol–water partition coefficient (Wildman–Crippen LogP) is 1.77. The fraction of sp³-hybridized carbons (Fsp3) is 0.882. The van der Waals surface area contributed by atoms with Gasteiger partial charge in [0.2, 0.25) is 11.8 Å². The van der Waals surface area contributed by atoms with Crippen molar-refractivity contribution in [1.29, 1.82) is 0 Å². The summed E-state index contributed by atoms with van der Waals surface area (Å²) in [6, 6.07) is 0.126. The molecule has 5 heteroatoms. The van der Waals surface area contributed by atoms with Gasteiger partial charge >= 0.3 is 0 Å². The molecule has 1 saturated heterocycles. The van der Waals surface area contributed by atoms with E-state index in [1.807, 2.05) is 11.8 Å². The first-order chi connectivity index (χ1) is 10.3. The van der Waals surface area contributed by atoms with Crippen molar-refractivity contribution in [2.75, 3.05) is 19.6 Å². The largest absolute Gasteiger partial charge is 0.355 e. The summed E-state index contributed by atoms with van der Waals surface area (Å²) >= 11 is 0. The molecule has 128 valence electrons. The van der Waals surface area contributed by atoms with Gasteiger partial charge < -0.3 is 15.5 Å². The lowest BCUT2D eigenvalue weighted by Crippen LogP contribution is -2.55. The molecule has 1 heterocycles. The van der Waals surface area contributed by atoms with Crippen molar-refractivity contribution >= 4 is 11.8 Å². The standard InChI is InChI=1S/C17H33N3O2/c1-6-15-11-20(14(5)21)10-8-16(15)19-13(4)17(22)18-9-7-12(2)3/h12-13,15-16,19H,6-11H2,1-5H3,(H,18,22). The van der Waals surface area contributed by atoms with Crippen molar-refractivity contribution in [3.8, 4) is 0 Å². The Balaban J connectivity index is 2.44. The van der Waals surface area contributed by atoms with E-state index in [0.717, 1.165) is 38.9 Å². The summed E-state index contributed by atoms with van der Waals surface area (Å²) in [5.74, 6) is 1.24. The van der Waals surface area contributed by atoms with E-state index < -0.39 is 0 Å². The second-order valence-corrected chi connectivity index (χ2v) is 6.89. The highest BCUT2D eigenvalue weighted by atomic mass is 16.2. The summed E-state index contributed by atoms with van der Waals surface area (Å²) in [6.45, 7) is 12.3. The van der Waals surface area contributed by atoms with Gasteiger partial charge in [0.25, 0.3) is 0 Å². The Morgan fingerprint density at radius 3 is 2.50 bits per heavy atom. The van der Waals surface area contributed by atoms with Crippen molar-refractivity contribution in [1.82, 2.24) is 15.5 Å². The number of piperidine rings is 1. The van der Waals surface area contributed by atoms with Crippen LogP contribution in [-0.2, 0) is 9.59 Å².